The topological polar surface area (TPSA) is 102 Å². The molecule has 1 atom stereocenters. The van der Waals surface area contributed by atoms with Gasteiger partial charge in [-0.2, -0.15) is 0 Å². The maximum atomic E-state index is 11.5. The molecule has 2 aromatic carbocycles. The molecular weight excluding hydrogens is 380 g/mol. The number of carbonyl (C=O) groups is 1. The molecule has 0 fully saturated rings. The summed E-state index contributed by atoms with van der Waals surface area (Å²) in [6, 6.07) is 18.8. The number of hydrogen-bond acceptors (Lipinski definition) is 7. The number of amides is 1. The summed E-state index contributed by atoms with van der Waals surface area (Å²) in [5, 5.41) is 19.4. The summed E-state index contributed by atoms with van der Waals surface area (Å²) in [6.45, 7) is 3.96. The molecule has 0 aliphatic carbocycles. The first-order valence-electron chi connectivity index (χ1n) is 9.36. The third kappa shape index (κ3) is 5.87. The molecule has 0 saturated carbocycles. The van der Waals surface area contributed by atoms with Crippen LogP contribution in [0.15, 0.2) is 79.6 Å². The standard InChI is InChI=1S/C22H24N6O2/c1-3-21(29)27-18-11-7-10-17(12-18)26-19-13-20(25-15-24-19)28(2)22(30)23-14-16-8-5-4-6-9-16/h3-13,15,22-23,30H,1,14H2,2H3,(H,27,29)(H,24,25,26). The second-order valence-corrected chi connectivity index (χ2v) is 6.51. The van der Waals surface area contributed by atoms with Gasteiger partial charge in [-0.1, -0.05) is 43.0 Å². The van der Waals surface area contributed by atoms with E-state index in [0.717, 1.165) is 11.3 Å². The van der Waals surface area contributed by atoms with E-state index in [1.54, 1.807) is 30.1 Å². The van der Waals surface area contributed by atoms with Gasteiger partial charge in [-0.05, 0) is 29.8 Å². The quantitative estimate of drug-likeness (QED) is 0.321. The summed E-state index contributed by atoms with van der Waals surface area (Å²) < 4.78 is 0. The summed E-state index contributed by atoms with van der Waals surface area (Å²) in [5.74, 6) is 0.807. The van der Waals surface area contributed by atoms with Crippen LogP contribution in [0.3, 0.4) is 0 Å². The molecule has 8 nitrogen and oxygen atoms in total. The number of aromatic nitrogens is 2. The van der Waals surface area contributed by atoms with Crippen molar-refractivity contribution < 1.29 is 9.90 Å². The molecule has 0 aliphatic rings. The highest BCUT2D eigenvalue weighted by Gasteiger charge is 2.13. The first kappa shape index (κ1) is 21.0. The van der Waals surface area contributed by atoms with Gasteiger partial charge in [0.15, 0.2) is 6.35 Å². The predicted octanol–water partition coefficient (Wildman–Crippen LogP) is 2.85. The zero-order valence-corrected chi connectivity index (χ0v) is 16.6. The summed E-state index contributed by atoms with van der Waals surface area (Å²) in [6.07, 6.45) is 1.70. The number of hydrogen-bond donors (Lipinski definition) is 4. The highest BCUT2D eigenvalue weighted by Crippen LogP contribution is 2.21. The van der Waals surface area contributed by atoms with Crippen molar-refractivity contribution in [3.05, 3.63) is 85.2 Å². The van der Waals surface area contributed by atoms with Crippen molar-refractivity contribution in [3.8, 4) is 0 Å². The molecule has 0 saturated heterocycles. The van der Waals surface area contributed by atoms with Crippen LogP contribution in [0.1, 0.15) is 5.56 Å². The first-order chi connectivity index (χ1) is 14.5. The molecule has 0 spiro atoms. The fourth-order valence-corrected chi connectivity index (χ4v) is 2.69. The van der Waals surface area contributed by atoms with Crippen molar-refractivity contribution in [2.75, 3.05) is 22.6 Å². The van der Waals surface area contributed by atoms with E-state index in [-0.39, 0.29) is 5.91 Å². The van der Waals surface area contributed by atoms with E-state index in [0.29, 0.717) is 23.9 Å². The molecule has 1 unspecified atom stereocenters. The Morgan fingerprint density at radius 1 is 1.13 bits per heavy atom. The van der Waals surface area contributed by atoms with Crippen molar-refractivity contribution in [2.24, 2.45) is 0 Å². The molecule has 3 rings (SSSR count). The van der Waals surface area contributed by atoms with Crippen LogP contribution < -0.4 is 20.9 Å². The lowest BCUT2D eigenvalue weighted by molar-refractivity contribution is -0.111. The minimum absolute atomic E-state index is 0.282. The first-order valence-corrected chi connectivity index (χ1v) is 9.36. The number of aliphatic hydroxyl groups excluding tert-OH is 1. The SMILES string of the molecule is C=CC(=O)Nc1cccc(Nc2cc(N(C)C(O)NCc3ccccc3)ncn2)c1. The number of benzene rings is 2. The van der Waals surface area contributed by atoms with E-state index >= 15 is 0 Å². The minimum atomic E-state index is -0.926. The van der Waals surface area contributed by atoms with E-state index in [9.17, 15) is 9.90 Å². The molecule has 3 aromatic rings. The molecule has 154 valence electrons. The van der Waals surface area contributed by atoms with E-state index in [2.05, 4.69) is 32.5 Å². The number of nitrogens with one attached hydrogen (secondary N) is 3. The second-order valence-electron chi connectivity index (χ2n) is 6.51. The molecule has 4 N–H and O–H groups in total. The van der Waals surface area contributed by atoms with E-state index in [1.807, 2.05) is 42.5 Å². The van der Waals surface area contributed by atoms with Crippen LogP contribution in [0, 0.1) is 0 Å². The fourth-order valence-electron chi connectivity index (χ4n) is 2.69. The van der Waals surface area contributed by atoms with Gasteiger partial charge in [0.2, 0.25) is 5.91 Å². The van der Waals surface area contributed by atoms with E-state index < -0.39 is 6.35 Å². The largest absolute Gasteiger partial charge is 0.361 e. The Bertz CT molecular complexity index is 996. The van der Waals surface area contributed by atoms with Crippen LogP contribution in [-0.2, 0) is 11.3 Å². The smallest absolute Gasteiger partial charge is 0.247 e. The molecule has 0 radical (unpaired) electrons. The number of aliphatic hydroxyl groups is 1. The van der Waals surface area contributed by atoms with Gasteiger partial charge in [-0.15, -0.1) is 0 Å². The highest BCUT2D eigenvalue weighted by molar-refractivity contribution is 5.99. The van der Waals surface area contributed by atoms with Crippen molar-refractivity contribution in [1.82, 2.24) is 15.3 Å². The van der Waals surface area contributed by atoms with Crippen LogP contribution in [0.5, 0.6) is 0 Å². The Hall–Kier alpha value is -3.75. The lowest BCUT2D eigenvalue weighted by atomic mass is 10.2. The van der Waals surface area contributed by atoms with E-state index in [4.69, 9.17) is 0 Å². The Kier molecular flexibility index (Phi) is 7.09. The van der Waals surface area contributed by atoms with Crippen LogP contribution in [0.25, 0.3) is 0 Å². The molecule has 0 bridgehead atoms. The van der Waals surface area contributed by atoms with Crippen molar-refractivity contribution in [3.63, 3.8) is 0 Å². The molecule has 30 heavy (non-hydrogen) atoms. The van der Waals surface area contributed by atoms with Gasteiger partial charge in [0, 0.05) is 31.0 Å². The fraction of sp³-hybridized carbons (Fsp3) is 0.136. The highest BCUT2D eigenvalue weighted by atomic mass is 16.3. The monoisotopic (exact) mass is 404 g/mol. The molecule has 1 amide bonds. The van der Waals surface area contributed by atoms with Crippen molar-refractivity contribution in [2.45, 2.75) is 12.9 Å². The van der Waals surface area contributed by atoms with Gasteiger partial charge in [0.25, 0.3) is 0 Å². The Labute approximate surface area is 175 Å². The lowest BCUT2D eigenvalue weighted by Crippen LogP contribution is -2.43. The van der Waals surface area contributed by atoms with Gasteiger partial charge in [0.1, 0.15) is 18.0 Å². The van der Waals surface area contributed by atoms with Gasteiger partial charge < -0.3 is 20.6 Å². The summed E-state index contributed by atoms with van der Waals surface area (Å²) >= 11 is 0. The Morgan fingerprint density at radius 3 is 2.67 bits per heavy atom. The minimum Gasteiger partial charge on any atom is -0.361 e. The molecular formula is C22H24N6O2. The van der Waals surface area contributed by atoms with Crippen LogP contribution >= 0.6 is 0 Å². The Morgan fingerprint density at radius 2 is 1.90 bits per heavy atom. The average molecular weight is 404 g/mol. The summed E-state index contributed by atoms with van der Waals surface area (Å²) in [4.78, 5) is 21.5. The number of anilines is 4. The zero-order valence-electron chi connectivity index (χ0n) is 16.6. The van der Waals surface area contributed by atoms with Crippen molar-refractivity contribution >= 4 is 28.9 Å². The summed E-state index contributed by atoms with van der Waals surface area (Å²) in [7, 11) is 1.74. The average Bonchev–Trinajstić information content (AvgIpc) is 2.78. The lowest BCUT2D eigenvalue weighted by Gasteiger charge is -2.25. The van der Waals surface area contributed by atoms with Crippen LogP contribution in [-0.4, -0.2) is 34.4 Å². The normalized spacial score (nSPS) is 11.4. The van der Waals surface area contributed by atoms with Gasteiger partial charge >= 0.3 is 0 Å². The van der Waals surface area contributed by atoms with Crippen molar-refractivity contribution in [1.29, 1.82) is 0 Å². The number of carbonyl (C=O) groups excluding carboxylic acids is 1. The molecule has 1 heterocycles. The summed E-state index contributed by atoms with van der Waals surface area (Å²) in [5.41, 5.74) is 2.45. The number of nitrogens with zero attached hydrogens (tertiary/aromatic N) is 3. The Balaban J connectivity index is 1.64. The third-order valence-electron chi connectivity index (χ3n) is 4.30. The second kappa shape index (κ2) is 10.1. The third-order valence-corrected chi connectivity index (χ3v) is 4.30. The van der Waals surface area contributed by atoms with Gasteiger partial charge in [0.05, 0.1) is 0 Å². The molecule has 1 aromatic heterocycles. The molecule has 8 heteroatoms. The maximum Gasteiger partial charge on any atom is 0.247 e. The van der Waals surface area contributed by atoms with E-state index in [1.165, 1.54) is 12.4 Å². The van der Waals surface area contributed by atoms with Gasteiger partial charge in [-0.25, -0.2) is 9.97 Å². The van der Waals surface area contributed by atoms with Gasteiger partial charge in [-0.3, -0.25) is 10.1 Å². The maximum absolute atomic E-state index is 11.5. The van der Waals surface area contributed by atoms with Crippen LogP contribution in [0.4, 0.5) is 23.0 Å². The zero-order chi connectivity index (χ0) is 21.3. The number of rotatable bonds is 9. The molecule has 0 aliphatic heterocycles. The van der Waals surface area contributed by atoms with Crippen LogP contribution in [0.2, 0.25) is 0 Å². The predicted molar refractivity (Wildman–Crippen MR) is 118 cm³/mol.